The first-order valence-corrected chi connectivity index (χ1v) is 12.4. The summed E-state index contributed by atoms with van der Waals surface area (Å²) in [6.45, 7) is 6.30. The average Bonchev–Trinajstić information content (AvgIpc) is 2.80. The summed E-state index contributed by atoms with van der Waals surface area (Å²) in [7, 11) is 0. The van der Waals surface area contributed by atoms with Crippen LogP contribution in [0.4, 0.5) is 0 Å². The second-order valence-corrected chi connectivity index (χ2v) is 9.44. The molecule has 1 amide bonds. The van der Waals surface area contributed by atoms with Gasteiger partial charge < -0.3 is 4.74 Å². The van der Waals surface area contributed by atoms with Crippen molar-refractivity contribution in [3.05, 3.63) is 75.7 Å². The monoisotopic (exact) mass is 512 g/mol. The number of amidine groups is 1. The number of amides is 1. The van der Waals surface area contributed by atoms with Gasteiger partial charge in [0.1, 0.15) is 18.1 Å². The quantitative estimate of drug-likeness (QED) is 0.427. The standard InChI is InChI=1S/C24H25BrN4O2S/c1-3-5-6-13-32-24-27-23(30)21-19-15-17(25)10-11-20(19)26-22(29(21)28-24)16-8-7-9-18(14-16)31-12-4-2/h4,7-11,14-15,22H,2-3,5-6,12-13H2,1H3,(H,27,28,30)/t22-/m1/s1. The number of hydrogen-bond acceptors (Lipinski definition) is 6. The highest BCUT2D eigenvalue weighted by Gasteiger charge is 2.34. The van der Waals surface area contributed by atoms with Crippen LogP contribution in [-0.2, 0) is 4.79 Å². The summed E-state index contributed by atoms with van der Waals surface area (Å²) in [5.74, 6) is 1.46. The fourth-order valence-electron chi connectivity index (χ4n) is 3.57. The van der Waals surface area contributed by atoms with Gasteiger partial charge in [-0.2, -0.15) is 0 Å². The van der Waals surface area contributed by atoms with Crippen molar-refractivity contribution < 1.29 is 9.53 Å². The second-order valence-electron chi connectivity index (χ2n) is 7.44. The summed E-state index contributed by atoms with van der Waals surface area (Å²) in [6.07, 6.45) is 4.63. The van der Waals surface area contributed by atoms with Crippen LogP contribution in [0.3, 0.4) is 0 Å². The van der Waals surface area contributed by atoms with Crippen LogP contribution in [0.2, 0.25) is 0 Å². The van der Waals surface area contributed by atoms with Gasteiger partial charge in [-0.05, 0) is 36.8 Å². The Balaban J connectivity index is 1.77. The van der Waals surface area contributed by atoms with Crippen molar-refractivity contribution in [2.45, 2.75) is 32.4 Å². The smallest absolute Gasteiger partial charge is 0.276 e. The zero-order chi connectivity index (χ0) is 22.5. The first kappa shape index (κ1) is 22.6. The number of thioether (sulfide) groups is 1. The van der Waals surface area contributed by atoms with Gasteiger partial charge in [-0.1, -0.05) is 72.2 Å². The minimum Gasteiger partial charge on any atom is -0.490 e. The van der Waals surface area contributed by atoms with Crippen LogP contribution in [0.1, 0.15) is 37.9 Å². The van der Waals surface area contributed by atoms with Gasteiger partial charge >= 0.3 is 0 Å². The minimum absolute atomic E-state index is 0.170. The SMILES string of the molecule is C=CCOc1cccc([C@@H]2N=c3ccc(Br)cc3=C3C(=O)NC(SCCCCC)=NN32)c1. The lowest BCUT2D eigenvalue weighted by Crippen LogP contribution is -2.50. The summed E-state index contributed by atoms with van der Waals surface area (Å²) in [4.78, 5) is 18.2. The Morgan fingerprint density at radius 1 is 1.28 bits per heavy atom. The fourth-order valence-corrected chi connectivity index (χ4v) is 4.79. The number of hydrogen-bond donors (Lipinski definition) is 1. The lowest BCUT2D eigenvalue weighted by atomic mass is 10.1. The van der Waals surface area contributed by atoms with Crippen molar-refractivity contribution in [2.75, 3.05) is 12.4 Å². The molecule has 32 heavy (non-hydrogen) atoms. The number of benzene rings is 2. The number of nitrogens with zero attached hydrogens (tertiary/aromatic N) is 3. The van der Waals surface area contributed by atoms with Gasteiger partial charge in [-0.3, -0.25) is 15.1 Å². The van der Waals surface area contributed by atoms with Crippen LogP contribution in [0.25, 0.3) is 5.70 Å². The van der Waals surface area contributed by atoms with E-state index in [1.807, 2.05) is 42.5 Å². The number of ether oxygens (including phenoxy) is 1. The molecule has 8 heteroatoms. The molecule has 0 bridgehead atoms. The van der Waals surface area contributed by atoms with Gasteiger partial charge in [-0.15, -0.1) is 5.10 Å². The Kier molecular flexibility index (Phi) is 7.32. The van der Waals surface area contributed by atoms with Crippen molar-refractivity contribution in [2.24, 2.45) is 10.1 Å². The van der Waals surface area contributed by atoms with Crippen LogP contribution >= 0.6 is 27.7 Å². The van der Waals surface area contributed by atoms with Crippen LogP contribution in [0.15, 0.2) is 69.7 Å². The van der Waals surface area contributed by atoms with Crippen LogP contribution in [0.5, 0.6) is 5.75 Å². The van der Waals surface area contributed by atoms with Crippen molar-refractivity contribution in [1.82, 2.24) is 10.3 Å². The summed E-state index contributed by atoms with van der Waals surface area (Å²) in [5, 5.41) is 11.6. The number of hydrazone groups is 1. The first-order valence-electron chi connectivity index (χ1n) is 10.6. The van der Waals surface area contributed by atoms with E-state index in [1.54, 1.807) is 22.8 Å². The molecule has 1 atom stereocenters. The molecule has 2 aromatic carbocycles. The Bertz CT molecular complexity index is 1180. The van der Waals surface area contributed by atoms with Gasteiger partial charge in [0.15, 0.2) is 11.3 Å². The molecule has 0 spiro atoms. The fraction of sp³-hybridized carbons (Fsp3) is 0.292. The van der Waals surface area contributed by atoms with E-state index < -0.39 is 6.17 Å². The summed E-state index contributed by atoms with van der Waals surface area (Å²) in [5.41, 5.74) is 1.39. The van der Waals surface area contributed by atoms with E-state index in [0.29, 0.717) is 17.5 Å². The molecule has 0 fully saturated rings. The predicted octanol–water partition coefficient (Wildman–Crippen LogP) is 4.08. The zero-order valence-electron chi connectivity index (χ0n) is 17.9. The maximum Gasteiger partial charge on any atom is 0.276 e. The maximum atomic E-state index is 13.2. The molecule has 1 N–H and O–H groups in total. The van der Waals surface area contributed by atoms with Gasteiger partial charge in [-0.25, -0.2) is 5.01 Å². The Hall–Kier alpha value is -2.58. The van der Waals surface area contributed by atoms with E-state index >= 15 is 0 Å². The largest absolute Gasteiger partial charge is 0.490 e. The summed E-state index contributed by atoms with van der Waals surface area (Å²) < 4.78 is 6.60. The van der Waals surface area contributed by atoms with Crippen molar-refractivity contribution in [3.8, 4) is 5.75 Å². The predicted molar refractivity (Wildman–Crippen MR) is 133 cm³/mol. The molecule has 2 heterocycles. The molecule has 4 rings (SSSR count). The Morgan fingerprint density at radius 3 is 2.97 bits per heavy atom. The molecule has 0 aromatic heterocycles. The van der Waals surface area contributed by atoms with Gasteiger partial charge in [0.2, 0.25) is 0 Å². The van der Waals surface area contributed by atoms with Crippen molar-refractivity contribution in [3.63, 3.8) is 0 Å². The molecule has 0 unspecified atom stereocenters. The third-order valence-corrected chi connectivity index (χ3v) is 6.52. The Morgan fingerprint density at radius 2 is 2.16 bits per heavy atom. The number of halogens is 1. The molecule has 0 saturated heterocycles. The topological polar surface area (TPSA) is 66.3 Å². The maximum absolute atomic E-state index is 13.2. The lowest BCUT2D eigenvalue weighted by Gasteiger charge is -2.34. The molecule has 2 aliphatic rings. The molecular formula is C24H25BrN4O2S. The molecule has 6 nitrogen and oxygen atoms in total. The molecule has 2 aromatic rings. The number of unbranched alkanes of at least 4 members (excludes halogenated alkanes) is 2. The van der Waals surface area contributed by atoms with E-state index in [-0.39, 0.29) is 5.91 Å². The third kappa shape index (κ3) is 4.91. The number of nitrogens with one attached hydrogen (secondary N) is 1. The van der Waals surface area contributed by atoms with Crippen LogP contribution in [0, 0.1) is 0 Å². The lowest BCUT2D eigenvalue weighted by molar-refractivity contribution is -0.116. The number of fused-ring (bicyclic) bond motifs is 2. The third-order valence-electron chi connectivity index (χ3n) is 5.08. The average molecular weight is 513 g/mol. The highest BCUT2D eigenvalue weighted by molar-refractivity contribution is 9.10. The highest BCUT2D eigenvalue weighted by Crippen LogP contribution is 2.32. The van der Waals surface area contributed by atoms with Crippen molar-refractivity contribution in [1.29, 1.82) is 0 Å². The molecule has 0 aliphatic carbocycles. The normalized spacial score (nSPS) is 17.0. The van der Waals surface area contributed by atoms with E-state index in [1.165, 1.54) is 0 Å². The molecular weight excluding hydrogens is 488 g/mol. The molecule has 0 saturated carbocycles. The van der Waals surface area contributed by atoms with E-state index in [2.05, 4.69) is 34.7 Å². The van der Waals surface area contributed by atoms with E-state index in [0.717, 1.165) is 51.4 Å². The van der Waals surface area contributed by atoms with Crippen molar-refractivity contribution >= 4 is 44.5 Å². The number of carbonyl (C=O) groups is 1. The van der Waals surface area contributed by atoms with Crippen LogP contribution in [-0.4, -0.2) is 28.4 Å². The second kappa shape index (κ2) is 10.4. The first-order chi connectivity index (χ1) is 15.6. The van der Waals surface area contributed by atoms with E-state index in [4.69, 9.17) is 14.8 Å². The van der Waals surface area contributed by atoms with Gasteiger partial charge in [0.05, 0.1) is 5.36 Å². The summed E-state index contributed by atoms with van der Waals surface area (Å²) in [6, 6.07) is 13.5. The zero-order valence-corrected chi connectivity index (χ0v) is 20.3. The molecule has 166 valence electrons. The van der Waals surface area contributed by atoms with Crippen LogP contribution < -0.4 is 20.6 Å². The highest BCUT2D eigenvalue weighted by atomic mass is 79.9. The Labute approximate surface area is 200 Å². The number of carbonyl (C=O) groups excluding carboxylic acids is 1. The minimum atomic E-state index is -0.469. The van der Waals surface area contributed by atoms with Gasteiger partial charge in [0, 0.05) is 21.0 Å². The summed E-state index contributed by atoms with van der Waals surface area (Å²) >= 11 is 5.08. The molecule has 0 radical (unpaired) electrons. The number of rotatable bonds is 8. The van der Waals surface area contributed by atoms with Gasteiger partial charge in [0.25, 0.3) is 5.91 Å². The van der Waals surface area contributed by atoms with E-state index in [9.17, 15) is 4.79 Å². The molecule has 2 aliphatic heterocycles.